The third kappa shape index (κ3) is 63.2. The van der Waals surface area contributed by atoms with Crippen LogP contribution >= 0.6 is 15.6 Å². The number of phosphoric acid groups is 2. The lowest BCUT2D eigenvalue weighted by Crippen LogP contribution is -2.30. The fraction of sp³-hybridized carbons (Fsp3) is 0.943. The van der Waals surface area contributed by atoms with Gasteiger partial charge in [-0.25, -0.2) is 9.13 Å². The molecule has 3 unspecified atom stereocenters. The number of ether oxygens (including phenoxy) is 4. The Balaban J connectivity index is 5.25. The van der Waals surface area contributed by atoms with Crippen molar-refractivity contribution in [1.29, 1.82) is 0 Å². The summed E-state index contributed by atoms with van der Waals surface area (Å²) in [6.45, 7) is 11.8. The normalized spacial score (nSPS) is 14.5. The molecule has 0 heterocycles. The van der Waals surface area contributed by atoms with Crippen molar-refractivity contribution in [2.45, 2.75) is 369 Å². The lowest BCUT2D eigenvalue weighted by atomic mass is 9.99. The predicted molar refractivity (Wildman–Crippen MR) is 358 cm³/mol. The molecule has 0 bridgehead atoms. The van der Waals surface area contributed by atoms with Crippen molar-refractivity contribution >= 4 is 39.5 Å². The van der Waals surface area contributed by atoms with E-state index < -0.39 is 97.5 Å². The summed E-state index contributed by atoms with van der Waals surface area (Å²) in [7, 11) is -9.90. The molecule has 0 saturated heterocycles. The molecule has 3 N–H and O–H groups in total. The monoisotopic (exact) mass is 1310 g/mol. The highest BCUT2D eigenvalue weighted by Crippen LogP contribution is 2.45. The van der Waals surface area contributed by atoms with E-state index >= 15 is 0 Å². The molecule has 0 aliphatic carbocycles. The summed E-state index contributed by atoms with van der Waals surface area (Å²) in [4.78, 5) is 72.5. The predicted octanol–water partition coefficient (Wildman–Crippen LogP) is 19.8. The van der Waals surface area contributed by atoms with E-state index in [9.17, 15) is 43.2 Å². The smallest absolute Gasteiger partial charge is 0.462 e. The van der Waals surface area contributed by atoms with Crippen molar-refractivity contribution in [2.24, 2.45) is 17.8 Å². The molecule has 0 radical (unpaired) electrons. The van der Waals surface area contributed by atoms with Gasteiger partial charge in [-0.3, -0.25) is 37.3 Å². The summed E-state index contributed by atoms with van der Waals surface area (Å²) < 4.78 is 68.3. The fourth-order valence-electron chi connectivity index (χ4n) is 10.5. The average molecular weight is 1310 g/mol. The minimum Gasteiger partial charge on any atom is -0.462 e. The number of hydrogen-bond acceptors (Lipinski definition) is 15. The first kappa shape index (κ1) is 87.1. The van der Waals surface area contributed by atoms with Gasteiger partial charge in [0.25, 0.3) is 0 Å². The summed E-state index contributed by atoms with van der Waals surface area (Å²) in [6, 6.07) is 0. The molecule has 0 fully saturated rings. The molecule has 17 nitrogen and oxygen atoms in total. The van der Waals surface area contributed by atoms with Crippen molar-refractivity contribution in [3.05, 3.63) is 0 Å². The largest absolute Gasteiger partial charge is 0.472 e. The molecule has 89 heavy (non-hydrogen) atoms. The van der Waals surface area contributed by atoms with Gasteiger partial charge in [-0.15, -0.1) is 0 Å². The zero-order chi connectivity index (χ0) is 65.9. The van der Waals surface area contributed by atoms with E-state index in [0.717, 1.165) is 108 Å². The van der Waals surface area contributed by atoms with Gasteiger partial charge >= 0.3 is 39.5 Å². The Hall–Kier alpha value is -1.94. The van der Waals surface area contributed by atoms with Crippen LogP contribution < -0.4 is 0 Å². The molecule has 528 valence electrons. The molecular weight excluding hydrogens is 1170 g/mol. The summed E-state index contributed by atoms with van der Waals surface area (Å²) >= 11 is 0. The second-order valence-electron chi connectivity index (χ2n) is 26.5. The van der Waals surface area contributed by atoms with E-state index in [1.165, 1.54) is 154 Å². The van der Waals surface area contributed by atoms with E-state index in [1.807, 2.05) is 0 Å². The average Bonchev–Trinajstić information content (AvgIpc) is 3.58. The Kier molecular flexibility index (Phi) is 59.6. The Morgan fingerprint density at radius 2 is 0.573 bits per heavy atom. The van der Waals surface area contributed by atoms with Gasteiger partial charge in [-0.1, -0.05) is 299 Å². The summed E-state index contributed by atoms with van der Waals surface area (Å²) in [5, 5.41) is 10.6. The van der Waals surface area contributed by atoms with Crippen molar-refractivity contribution < 1.29 is 80.2 Å². The molecule has 0 rings (SSSR count). The van der Waals surface area contributed by atoms with Crippen LogP contribution in [0.2, 0.25) is 0 Å². The van der Waals surface area contributed by atoms with Crippen LogP contribution in [0.3, 0.4) is 0 Å². The van der Waals surface area contributed by atoms with E-state index in [-0.39, 0.29) is 25.7 Å². The van der Waals surface area contributed by atoms with Crippen LogP contribution in [0.25, 0.3) is 0 Å². The number of esters is 4. The lowest BCUT2D eigenvalue weighted by Gasteiger charge is -2.21. The van der Waals surface area contributed by atoms with Crippen molar-refractivity contribution in [3.63, 3.8) is 0 Å². The first-order chi connectivity index (χ1) is 42.8. The van der Waals surface area contributed by atoms with E-state index in [2.05, 4.69) is 48.5 Å². The molecule has 0 aliphatic heterocycles. The number of rotatable bonds is 68. The highest BCUT2D eigenvalue weighted by Gasteiger charge is 2.30. The summed E-state index contributed by atoms with van der Waals surface area (Å²) in [5.74, 6) is 0.0974. The number of phosphoric ester groups is 2. The van der Waals surface area contributed by atoms with Gasteiger partial charge in [0.05, 0.1) is 26.4 Å². The molecular formula is C70H136O17P2. The van der Waals surface area contributed by atoms with Gasteiger partial charge in [0.1, 0.15) is 19.3 Å². The summed E-state index contributed by atoms with van der Waals surface area (Å²) in [6.07, 6.45) is 44.5. The molecule has 6 atom stereocenters. The number of carbonyl (C=O) groups is 4. The minimum absolute atomic E-state index is 0.104. The van der Waals surface area contributed by atoms with Crippen molar-refractivity contribution in [2.75, 3.05) is 39.6 Å². The number of hydrogen-bond donors (Lipinski definition) is 3. The van der Waals surface area contributed by atoms with Crippen molar-refractivity contribution in [1.82, 2.24) is 0 Å². The highest BCUT2D eigenvalue weighted by atomic mass is 31.2. The molecule has 0 aromatic rings. The minimum atomic E-state index is -4.95. The van der Waals surface area contributed by atoms with Crippen molar-refractivity contribution in [3.8, 4) is 0 Å². The Morgan fingerprint density at radius 3 is 0.854 bits per heavy atom. The number of aliphatic hydroxyl groups is 1. The van der Waals surface area contributed by atoms with E-state index in [0.29, 0.717) is 31.6 Å². The Bertz CT molecular complexity index is 1750. The molecule has 0 aromatic heterocycles. The first-order valence-corrected chi connectivity index (χ1v) is 39.4. The SMILES string of the molecule is CCCCCCCCCCCCCCCC(=O)OC[C@H](COP(=O)(O)OC[C@@H](O)COP(=O)(O)OC[C@@H](COC(=O)CCCCCCCCC(C)C)OC(=O)CCCCCCCCCCC(C)CC)OC(=O)CCCCCCCCCCCCCCC(C)C. The molecule has 0 saturated carbocycles. The maximum absolute atomic E-state index is 13.0. The van der Waals surface area contributed by atoms with Gasteiger partial charge in [-0.05, 0) is 43.4 Å². The number of unbranched alkanes of at least 4 members (excludes halogenated alkanes) is 35. The maximum atomic E-state index is 13.0. The quantitative estimate of drug-likeness (QED) is 0.0222. The first-order valence-electron chi connectivity index (χ1n) is 36.4. The van der Waals surface area contributed by atoms with Gasteiger partial charge in [-0.2, -0.15) is 0 Å². The maximum Gasteiger partial charge on any atom is 0.472 e. The van der Waals surface area contributed by atoms with Crippen LogP contribution in [-0.2, 0) is 65.4 Å². The van der Waals surface area contributed by atoms with Crippen LogP contribution in [0.15, 0.2) is 0 Å². The van der Waals surface area contributed by atoms with Crippen LogP contribution in [0, 0.1) is 17.8 Å². The third-order valence-corrected chi connectivity index (χ3v) is 18.4. The topological polar surface area (TPSA) is 237 Å². The van der Waals surface area contributed by atoms with Crippen LogP contribution in [-0.4, -0.2) is 96.7 Å². The Morgan fingerprint density at radius 1 is 0.326 bits per heavy atom. The Labute approximate surface area is 543 Å². The van der Waals surface area contributed by atoms with Gasteiger partial charge < -0.3 is 33.8 Å². The second kappa shape index (κ2) is 61.0. The van der Waals surface area contributed by atoms with Gasteiger partial charge in [0, 0.05) is 25.7 Å². The number of carbonyl (C=O) groups excluding carboxylic acids is 4. The van der Waals surface area contributed by atoms with E-state index in [1.54, 1.807) is 0 Å². The van der Waals surface area contributed by atoms with Gasteiger partial charge in [0.15, 0.2) is 12.2 Å². The zero-order valence-electron chi connectivity index (χ0n) is 57.9. The molecule has 0 aromatic carbocycles. The molecule has 19 heteroatoms. The molecule has 0 aliphatic rings. The summed E-state index contributed by atoms with van der Waals surface area (Å²) in [5.41, 5.74) is 0. The number of aliphatic hydroxyl groups excluding tert-OH is 1. The standard InChI is InChI=1S/C70H136O17P2/c1-8-10-11-12-13-14-15-16-20-23-29-37-44-51-67(72)80-57-65(86-69(74)53-46-39-30-24-21-18-17-19-22-27-34-41-48-61(3)4)59-84-88(76,77)82-55-64(71)56-83-89(78,79)85-60-66(58-81-68(73)52-45-38-33-32-35-42-49-62(5)6)87-70(75)54-47-40-31-26-25-28-36-43-50-63(7)9-2/h61-66,71H,8-60H2,1-7H3,(H,76,77)(H,78,79)/t63?,64-,65-,66-/m1/s1. The third-order valence-electron chi connectivity index (χ3n) is 16.5. The van der Waals surface area contributed by atoms with Crippen LogP contribution in [0.1, 0.15) is 350 Å². The van der Waals surface area contributed by atoms with Crippen LogP contribution in [0.4, 0.5) is 0 Å². The van der Waals surface area contributed by atoms with Crippen LogP contribution in [0.5, 0.6) is 0 Å². The fourth-order valence-corrected chi connectivity index (χ4v) is 12.1. The zero-order valence-corrected chi connectivity index (χ0v) is 59.7. The molecule has 0 amide bonds. The second-order valence-corrected chi connectivity index (χ2v) is 29.4. The molecule has 0 spiro atoms. The lowest BCUT2D eigenvalue weighted by molar-refractivity contribution is -0.161. The van der Waals surface area contributed by atoms with Gasteiger partial charge in [0.2, 0.25) is 0 Å². The van der Waals surface area contributed by atoms with E-state index in [4.69, 9.17) is 37.0 Å². The highest BCUT2D eigenvalue weighted by molar-refractivity contribution is 7.47.